The average molecular weight is 284 g/mol. The highest BCUT2D eigenvalue weighted by Crippen LogP contribution is 2.36. The van der Waals surface area contributed by atoms with Crippen LogP contribution < -0.4 is 10.6 Å². The normalized spacial score (nSPS) is 26.1. The number of carbonyl (C=O) groups excluding carboxylic acids is 2. The van der Waals surface area contributed by atoms with E-state index in [9.17, 15) is 14.4 Å². The van der Waals surface area contributed by atoms with Gasteiger partial charge in [0.15, 0.2) is 0 Å². The number of hydrogen-bond donors (Lipinski definition) is 3. The smallest absolute Gasteiger partial charge is 0.307 e. The van der Waals surface area contributed by atoms with Crippen molar-refractivity contribution in [1.29, 1.82) is 0 Å². The first-order chi connectivity index (χ1) is 9.10. The summed E-state index contributed by atoms with van der Waals surface area (Å²) >= 11 is 0. The maximum atomic E-state index is 12.0. The van der Waals surface area contributed by atoms with Crippen molar-refractivity contribution in [2.45, 2.75) is 46.1 Å². The molecule has 0 aromatic heterocycles. The van der Waals surface area contributed by atoms with Gasteiger partial charge in [-0.15, -0.1) is 0 Å². The summed E-state index contributed by atoms with van der Waals surface area (Å²) in [5, 5.41) is 14.4. The lowest BCUT2D eigenvalue weighted by Crippen LogP contribution is -2.47. The maximum absolute atomic E-state index is 12.0. The van der Waals surface area contributed by atoms with Crippen LogP contribution in [0.25, 0.3) is 0 Å². The molecular weight excluding hydrogens is 260 g/mol. The number of aliphatic carboxylic acids is 1. The fourth-order valence-corrected chi connectivity index (χ4v) is 2.62. The molecule has 20 heavy (non-hydrogen) atoms. The molecule has 6 heteroatoms. The van der Waals surface area contributed by atoms with Gasteiger partial charge in [0.2, 0.25) is 11.8 Å². The van der Waals surface area contributed by atoms with Gasteiger partial charge in [0.1, 0.15) is 0 Å². The van der Waals surface area contributed by atoms with Crippen molar-refractivity contribution in [3.63, 3.8) is 0 Å². The minimum Gasteiger partial charge on any atom is -0.481 e. The molecule has 0 aromatic rings. The quantitative estimate of drug-likeness (QED) is 0.710. The lowest BCUT2D eigenvalue weighted by Gasteiger charge is -2.21. The molecule has 1 fully saturated rings. The molecule has 0 bridgehead atoms. The van der Waals surface area contributed by atoms with Crippen molar-refractivity contribution in [1.82, 2.24) is 10.6 Å². The van der Waals surface area contributed by atoms with Crippen LogP contribution in [0, 0.1) is 17.8 Å². The standard InChI is InChI=1S/C14H24N2O4/c1-8-5-9(10(6-8)13(19)20)12(18)15-7-11(17)16-14(2,3)4/h8-10H,5-7H2,1-4H3,(H,15,18)(H,16,17)(H,19,20)/t8?,9-,10+/m0/s1. The summed E-state index contributed by atoms with van der Waals surface area (Å²) < 4.78 is 0. The lowest BCUT2D eigenvalue weighted by atomic mass is 9.95. The number of nitrogens with one attached hydrogen (secondary N) is 2. The zero-order chi connectivity index (χ0) is 15.5. The third-order valence-corrected chi connectivity index (χ3v) is 3.39. The van der Waals surface area contributed by atoms with Crippen LogP contribution in [0.5, 0.6) is 0 Å². The number of rotatable bonds is 4. The molecule has 3 N–H and O–H groups in total. The van der Waals surface area contributed by atoms with E-state index in [-0.39, 0.29) is 29.8 Å². The van der Waals surface area contributed by atoms with E-state index in [0.717, 1.165) is 0 Å². The summed E-state index contributed by atoms with van der Waals surface area (Å²) in [5.41, 5.74) is -0.354. The van der Waals surface area contributed by atoms with E-state index in [1.807, 2.05) is 27.7 Å². The van der Waals surface area contributed by atoms with Crippen LogP contribution in [-0.2, 0) is 14.4 Å². The predicted molar refractivity (Wildman–Crippen MR) is 73.9 cm³/mol. The van der Waals surface area contributed by atoms with E-state index in [2.05, 4.69) is 10.6 Å². The first-order valence-corrected chi connectivity index (χ1v) is 6.91. The number of carbonyl (C=O) groups is 3. The van der Waals surface area contributed by atoms with Gasteiger partial charge in [-0.1, -0.05) is 6.92 Å². The molecule has 0 aromatic carbocycles. The largest absolute Gasteiger partial charge is 0.481 e. The van der Waals surface area contributed by atoms with Crippen LogP contribution in [0.2, 0.25) is 0 Å². The Morgan fingerprint density at radius 1 is 1.15 bits per heavy atom. The molecule has 2 amide bonds. The Bertz CT molecular complexity index is 400. The van der Waals surface area contributed by atoms with Crippen LogP contribution in [-0.4, -0.2) is 35.0 Å². The molecule has 0 saturated heterocycles. The van der Waals surface area contributed by atoms with Crippen molar-refractivity contribution < 1.29 is 19.5 Å². The Kier molecular flexibility index (Phi) is 5.14. The number of carboxylic acid groups (broad SMARTS) is 1. The van der Waals surface area contributed by atoms with E-state index < -0.39 is 17.8 Å². The molecule has 0 spiro atoms. The fraction of sp³-hybridized carbons (Fsp3) is 0.786. The Labute approximate surface area is 119 Å². The minimum atomic E-state index is -0.936. The Balaban J connectivity index is 2.50. The summed E-state index contributed by atoms with van der Waals surface area (Å²) in [6.07, 6.45) is 1.07. The van der Waals surface area contributed by atoms with E-state index in [1.165, 1.54) is 0 Å². The van der Waals surface area contributed by atoms with Crippen molar-refractivity contribution in [2.24, 2.45) is 17.8 Å². The zero-order valence-corrected chi connectivity index (χ0v) is 12.5. The van der Waals surface area contributed by atoms with Gasteiger partial charge in [-0.3, -0.25) is 14.4 Å². The zero-order valence-electron chi connectivity index (χ0n) is 12.5. The van der Waals surface area contributed by atoms with E-state index >= 15 is 0 Å². The third-order valence-electron chi connectivity index (χ3n) is 3.39. The molecule has 1 saturated carbocycles. The summed E-state index contributed by atoms with van der Waals surface area (Å²) in [6, 6.07) is 0. The van der Waals surface area contributed by atoms with E-state index in [0.29, 0.717) is 12.8 Å². The highest BCUT2D eigenvalue weighted by molar-refractivity contribution is 5.89. The summed E-state index contributed by atoms with van der Waals surface area (Å²) in [5.74, 6) is -2.51. The molecule has 0 aliphatic heterocycles. The molecule has 1 aliphatic rings. The first-order valence-electron chi connectivity index (χ1n) is 6.91. The second-order valence-corrected chi connectivity index (χ2v) is 6.64. The minimum absolute atomic E-state index is 0.118. The Morgan fingerprint density at radius 2 is 1.70 bits per heavy atom. The van der Waals surface area contributed by atoms with Gasteiger partial charge in [-0.25, -0.2) is 0 Å². The third kappa shape index (κ3) is 4.83. The molecule has 3 atom stereocenters. The highest BCUT2D eigenvalue weighted by Gasteiger charge is 2.41. The molecule has 6 nitrogen and oxygen atoms in total. The van der Waals surface area contributed by atoms with Crippen LogP contribution in [0.3, 0.4) is 0 Å². The van der Waals surface area contributed by atoms with E-state index in [4.69, 9.17) is 5.11 Å². The Hall–Kier alpha value is -1.59. The number of carboxylic acids is 1. The second-order valence-electron chi connectivity index (χ2n) is 6.64. The van der Waals surface area contributed by atoms with Crippen molar-refractivity contribution >= 4 is 17.8 Å². The summed E-state index contributed by atoms with van der Waals surface area (Å²) in [6.45, 7) is 7.38. The van der Waals surface area contributed by atoms with Gasteiger partial charge in [0.25, 0.3) is 0 Å². The van der Waals surface area contributed by atoms with Crippen LogP contribution in [0.1, 0.15) is 40.5 Å². The van der Waals surface area contributed by atoms with Crippen molar-refractivity contribution in [2.75, 3.05) is 6.54 Å². The fourth-order valence-electron chi connectivity index (χ4n) is 2.62. The second kappa shape index (κ2) is 6.24. The van der Waals surface area contributed by atoms with Crippen LogP contribution in [0.15, 0.2) is 0 Å². The van der Waals surface area contributed by atoms with Gasteiger partial charge >= 0.3 is 5.97 Å². The topological polar surface area (TPSA) is 95.5 Å². The summed E-state index contributed by atoms with van der Waals surface area (Å²) in [7, 11) is 0. The maximum Gasteiger partial charge on any atom is 0.307 e. The first kappa shape index (κ1) is 16.5. The number of hydrogen-bond acceptors (Lipinski definition) is 3. The van der Waals surface area contributed by atoms with Gasteiger partial charge in [-0.05, 0) is 39.5 Å². The van der Waals surface area contributed by atoms with Gasteiger partial charge in [-0.2, -0.15) is 0 Å². The summed E-state index contributed by atoms with van der Waals surface area (Å²) in [4.78, 5) is 34.8. The predicted octanol–water partition coefficient (Wildman–Crippen LogP) is 0.764. The van der Waals surface area contributed by atoms with Crippen molar-refractivity contribution in [3.05, 3.63) is 0 Å². The molecule has 114 valence electrons. The van der Waals surface area contributed by atoms with Gasteiger partial charge in [0.05, 0.1) is 18.4 Å². The van der Waals surface area contributed by atoms with Gasteiger partial charge in [0, 0.05) is 5.54 Å². The molecule has 0 radical (unpaired) electrons. The molecule has 1 rings (SSSR count). The molecule has 0 heterocycles. The number of amides is 2. The molecule has 1 unspecified atom stereocenters. The van der Waals surface area contributed by atoms with Gasteiger partial charge < -0.3 is 15.7 Å². The van der Waals surface area contributed by atoms with Crippen LogP contribution >= 0.6 is 0 Å². The monoisotopic (exact) mass is 284 g/mol. The van der Waals surface area contributed by atoms with Crippen molar-refractivity contribution in [3.8, 4) is 0 Å². The van der Waals surface area contributed by atoms with Crippen LogP contribution in [0.4, 0.5) is 0 Å². The molecule has 1 aliphatic carbocycles. The SMILES string of the molecule is CC1C[C@H](C(=O)NCC(=O)NC(C)(C)C)[C@H](C(=O)O)C1. The van der Waals surface area contributed by atoms with E-state index in [1.54, 1.807) is 0 Å². The molecular formula is C14H24N2O4. The average Bonchev–Trinajstić information content (AvgIpc) is 2.66. The highest BCUT2D eigenvalue weighted by atomic mass is 16.4. The Morgan fingerprint density at radius 3 is 2.20 bits per heavy atom. The lowest BCUT2D eigenvalue weighted by molar-refractivity contribution is -0.146.